The Bertz CT molecular complexity index is 754. The summed E-state index contributed by atoms with van der Waals surface area (Å²) in [6, 6.07) is 0. The van der Waals surface area contributed by atoms with Gasteiger partial charge in [0.05, 0.1) is 18.8 Å². The van der Waals surface area contributed by atoms with Gasteiger partial charge in [-0.2, -0.15) is 22.0 Å². The second-order valence-electron chi connectivity index (χ2n) is 9.53. The highest BCUT2D eigenvalue weighted by atomic mass is 19.4. The third kappa shape index (κ3) is 7.21. The van der Waals surface area contributed by atoms with Crippen molar-refractivity contribution in [3.8, 4) is 0 Å². The number of ether oxygens (including phenoxy) is 3. The topological polar surface area (TPSA) is 82.1 Å². The van der Waals surface area contributed by atoms with Gasteiger partial charge in [-0.05, 0) is 50.9 Å². The van der Waals surface area contributed by atoms with Crippen molar-refractivity contribution in [3.05, 3.63) is 0 Å². The van der Waals surface area contributed by atoms with Crippen molar-refractivity contribution in [3.63, 3.8) is 0 Å². The molecular weight excluding hydrogens is 493 g/mol. The number of fused-ring (bicyclic) bond motifs is 2. The second-order valence-corrected chi connectivity index (χ2v) is 9.53. The highest BCUT2D eigenvalue weighted by Crippen LogP contribution is 2.47. The normalized spacial score (nSPS) is 27.1. The molecule has 0 aromatic rings. The summed E-state index contributed by atoms with van der Waals surface area (Å²) in [6.45, 7) is -1.25. The molecular formula is C22H31F7O6. The minimum Gasteiger partial charge on any atom is -0.461 e. The maximum Gasteiger partial charge on any atom is 0.468 e. The molecule has 2 aliphatic carbocycles. The fourth-order valence-corrected chi connectivity index (χ4v) is 4.85. The van der Waals surface area contributed by atoms with E-state index in [0.29, 0.717) is 25.7 Å². The van der Waals surface area contributed by atoms with Gasteiger partial charge in [-0.25, -0.2) is 13.6 Å². The Kier molecular flexibility index (Phi) is 9.11. The van der Waals surface area contributed by atoms with Crippen molar-refractivity contribution in [1.82, 2.24) is 0 Å². The molecule has 35 heavy (non-hydrogen) atoms. The molecule has 0 spiro atoms. The first-order chi connectivity index (χ1) is 15.9. The molecule has 1 N–H and O–H groups in total. The van der Waals surface area contributed by atoms with Gasteiger partial charge in [0.2, 0.25) is 0 Å². The minimum atomic E-state index is -5.75. The second kappa shape index (κ2) is 10.8. The fourth-order valence-electron chi connectivity index (χ4n) is 4.85. The Morgan fingerprint density at radius 2 is 1.74 bits per heavy atom. The van der Waals surface area contributed by atoms with Crippen LogP contribution < -0.4 is 0 Å². The van der Waals surface area contributed by atoms with Gasteiger partial charge in [0, 0.05) is 19.8 Å². The first kappa shape index (κ1) is 29.6. The monoisotopic (exact) mass is 524 g/mol. The zero-order chi connectivity index (χ0) is 26.7. The molecule has 2 aliphatic rings. The summed E-state index contributed by atoms with van der Waals surface area (Å²) in [5, 5.41) is 10.6. The van der Waals surface area contributed by atoms with Gasteiger partial charge in [-0.1, -0.05) is 12.8 Å². The summed E-state index contributed by atoms with van der Waals surface area (Å²) in [4.78, 5) is 24.5. The molecule has 0 amide bonds. The van der Waals surface area contributed by atoms with Gasteiger partial charge in [0.1, 0.15) is 0 Å². The predicted octanol–water partition coefficient (Wildman–Crippen LogP) is 5.16. The van der Waals surface area contributed by atoms with Crippen molar-refractivity contribution < 1.29 is 59.6 Å². The van der Waals surface area contributed by atoms with E-state index < -0.39 is 67.4 Å². The summed E-state index contributed by atoms with van der Waals surface area (Å²) >= 11 is 0. The van der Waals surface area contributed by atoms with Crippen LogP contribution in [0, 0.1) is 11.8 Å². The maximum absolute atomic E-state index is 13.9. The van der Waals surface area contributed by atoms with Crippen LogP contribution in [0.3, 0.4) is 0 Å². The summed E-state index contributed by atoms with van der Waals surface area (Å²) in [5.41, 5.74) is -0.883. The number of aliphatic hydroxyl groups is 1. The molecule has 2 rings (SSSR count). The van der Waals surface area contributed by atoms with Crippen molar-refractivity contribution in [1.29, 1.82) is 0 Å². The molecule has 2 bridgehead atoms. The standard InChI is InChI=1S/C22H31F7O6/c1-3-33-17(31)21(22(27,28)29,34-10-9-20(25,26)18(2,23)24)35-16(30)7-6-15-11-14-5-4-8-19(32,12-14)13-15/h14-15,32H,3-13H2,1-2H3. The third-order valence-corrected chi connectivity index (χ3v) is 6.55. The van der Waals surface area contributed by atoms with Crippen LogP contribution in [0.15, 0.2) is 0 Å². The highest BCUT2D eigenvalue weighted by Gasteiger charge is 2.68. The molecule has 6 nitrogen and oxygen atoms in total. The van der Waals surface area contributed by atoms with Crippen molar-refractivity contribution >= 4 is 11.9 Å². The SMILES string of the molecule is CCOC(=O)C(OCCC(F)(F)C(C)(F)F)(OC(=O)CCC1CC2CCCC(O)(C2)C1)C(F)(F)F. The van der Waals surface area contributed by atoms with Crippen LogP contribution in [0.2, 0.25) is 0 Å². The van der Waals surface area contributed by atoms with Crippen LogP contribution in [0.4, 0.5) is 30.7 Å². The fraction of sp³-hybridized carbons (Fsp3) is 0.909. The molecule has 0 radical (unpaired) electrons. The quantitative estimate of drug-likeness (QED) is 0.229. The molecule has 0 aromatic heterocycles. The Morgan fingerprint density at radius 1 is 1.09 bits per heavy atom. The van der Waals surface area contributed by atoms with E-state index >= 15 is 0 Å². The number of halogens is 7. The van der Waals surface area contributed by atoms with E-state index in [1.54, 1.807) is 0 Å². The zero-order valence-corrected chi connectivity index (χ0v) is 19.6. The number of alkyl halides is 7. The molecule has 0 aromatic carbocycles. The third-order valence-electron chi connectivity index (χ3n) is 6.55. The van der Waals surface area contributed by atoms with E-state index in [0.717, 1.165) is 19.8 Å². The van der Waals surface area contributed by atoms with E-state index in [2.05, 4.69) is 14.2 Å². The molecule has 2 fully saturated rings. The summed E-state index contributed by atoms with van der Waals surface area (Å²) < 4.78 is 108. The zero-order valence-electron chi connectivity index (χ0n) is 19.6. The molecule has 2 saturated carbocycles. The number of carbonyl (C=O) groups excluding carboxylic acids is 2. The average Bonchev–Trinajstić information content (AvgIpc) is 2.69. The Morgan fingerprint density at radius 3 is 2.29 bits per heavy atom. The van der Waals surface area contributed by atoms with E-state index in [4.69, 9.17) is 0 Å². The van der Waals surface area contributed by atoms with E-state index in [1.165, 1.54) is 0 Å². The molecule has 0 aliphatic heterocycles. The molecule has 13 heteroatoms. The van der Waals surface area contributed by atoms with E-state index in [9.17, 15) is 45.4 Å². The van der Waals surface area contributed by atoms with Crippen molar-refractivity contribution in [2.75, 3.05) is 13.2 Å². The number of carbonyl (C=O) groups is 2. The number of rotatable bonds is 11. The summed E-state index contributed by atoms with van der Waals surface area (Å²) in [7, 11) is 0. The van der Waals surface area contributed by atoms with Crippen LogP contribution in [-0.4, -0.2) is 59.7 Å². The summed E-state index contributed by atoms with van der Waals surface area (Å²) in [5.74, 6) is -17.4. The van der Waals surface area contributed by atoms with Gasteiger partial charge in [0.25, 0.3) is 0 Å². The molecule has 4 atom stereocenters. The van der Waals surface area contributed by atoms with Gasteiger partial charge < -0.3 is 19.3 Å². The van der Waals surface area contributed by atoms with Crippen LogP contribution in [0.25, 0.3) is 0 Å². The van der Waals surface area contributed by atoms with Gasteiger partial charge in [-0.15, -0.1) is 0 Å². The first-order valence-corrected chi connectivity index (χ1v) is 11.5. The van der Waals surface area contributed by atoms with E-state index in [-0.39, 0.29) is 25.2 Å². The lowest BCUT2D eigenvalue weighted by Gasteiger charge is -2.45. The lowest BCUT2D eigenvalue weighted by Crippen LogP contribution is -2.58. The number of hydrogen-bond acceptors (Lipinski definition) is 6. The Balaban J connectivity index is 2.12. The van der Waals surface area contributed by atoms with Crippen LogP contribution in [0.5, 0.6) is 0 Å². The average molecular weight is 524 g/mol. The Hall–Kier alpha value is -1.63. The number of hydrogen-bond donors (Lipinski definition) is 1. The van der Waals surface area contributed by atoms with Gasteiger partial charge >= 0.3 is 35.7 Å². The predicted molar refractivity (Wildman–Crippen MR) is 107 cm³/mol. The van der Waals surface area contributed by atoms with Gasteiger partial charge in [-0.3, -0.25) is 4.79 Å². The van der Waals surface area contributed by atoms with E-state index in [1.807, 2.05) is 0 Å². The maximum atomic E-state index is 13.9. The Labute approximate surface area is 198 Å². The number of esters is 2. The lowest BCUT2D eigenvalue weighted by atomic mass is 9.64. The molecule has 0 heterocycles. The molecule has 4 unspecified atom stereocenters. The molecule has 204 valence electrons. The minimum absolute atomic E-state index is 0.0640. The van der Waals surface area contributed by atoms with Gasteiger partial charge in [0.15, 0.2) is 0 Å². The largest absolute Gasteiger partial charge is 0.468 e. The summed E-state index contributed by atoms with van der Waals surface area (Å²) in [6.07, 6.45) is -4.11. The van der Waals surface area contributed by atoms with Crippen molar-refractivity contribution in [2.45, 2.75) is 101 Å². The van der Waals surface area contributed by atoms with Crippen molar-refractivity contribution in [2.24, 2.45) is 11.8 Å². The smallest absolute Gasteiger partial charge is 0.461 e. The van der Waals surface area contributed by atoms with Crippen LogP contribution in [-0.2, 0) is 23.8 Å². The van der Waals surface area contributed by atoms with Crippen LogP contribution in [0.1, 0.15) is 71.6 Å². The first-order valence-electron chi connectivity index (χ1n) is 11.5. The molecule has 0 saturated heterocycles. The highest BCUT2D eigenvalue weighted by molar-refractivity contribution is 5.83. The van der Waals surface area contributed by atoms with Crippen LogP contribution >= 0.6 is 0 Å². The lowest BCUT2D eigenvalue weighted by molar-refractivity contribution is -0.358.